The van der Waals surface area contributed by atoms with Crippen LogP contribution in [0.5, 0.6) is 0 Å². The van der Waals surface area contributed by atoms with Crippen molar-refractivity contribution in [3.8, 4) is 0 Å². The van der Waals surface area contributed by atoms with Gasteiger partial charge >= 0.3 is 0 Å². The highest BCUT2D eigenvalue weighted by Crippen LogP contribution is 2.18. The molecule has 1 amide bonds. The molecule has 1 heterocycles. The number of hydrogen-bond donors (Lipinski definition) is 1. The van der Waals surface area contributed by atoms with Crippen LogP contribution in [0.1, 0.15) is 21.6 Å². The second-order valence-electron chi connectivity index (χ2n) is 5.82. The Morgan fingerprint density at radius 1 is 1.12 bits per heavy atom. The first-order valence-electron chi connectivity index (χ1n) is 7.69. The molecule has 25 heavy (non-hydrogen) atoms. The number of benzene rings is 2. The van der Waals surface area contributed by atoms with E-state index in [-0.39, 0.29) is 11.1 Å². The molecule has 1 N–H and O–H groups in total. The number of fused-ring (bicyclic) bond motifs is 1. The number of halogens is 1. The van der Waals surface area contributed by atoms with Gasteiger partial charge in [-0.25, -0.2) is 4.39 Å². The molecule has 0 radical (unpaired) electrons. The van der Waals surface area contributed by atoms with Gasteiger partial charge in [0.05, 0.1) is 5.39 Å². The van der Waals surface area contributed by atoms with Crippen LogP contribution < -0.4 is 15.7 Å². The maximum absolute atomic E-state index is 13.4. The van der Waals surface area contributed by atoms with Gasteiger partial charge in [-0.1, -0.05) is 23.8 Å². The van der Waals surface area contributed by atoms with Gasteiger partial charge in [-0.15, -0.1) is 4.73 Å². The third-order valence-corrected chi connectivity index (χ3v) is 3.99. The molecule has 128 valence electrons. The molecule has 3 rings (SSSR count). The Bertz CT molecular complexity index is 1040. The zero-order valence-electron chi connectivity index (χ0n) is 14.1. The summed E-state index contributed by atoms with van der Waals surface area (Å²) in [7, 11) is 1.28. The minimum Gasteiger partial charge on any atom is -0.413 e. The summed E-state index contributed by atoms with van der Waals surface area (Å²) in [5, 5.41) is 3.39. The smallest absolute Gasteiger partial charge is 0.291 e. The van der Waals surface area contributed by atoms with Crippen molar-refractivity contribution < 1.29 is 14.0 Å². The molecule has 0 atom stereocenters. The highest BCUT2D eigenvalue weighted by molar-refractivity contribution is 6.05. The van der Waals surface area contributed by atoms with E-state index in [2.05, 4.69) is 5.32 Å². The molecule has 0 aliphatic carbocycles. The molecule has 2 aromatic carbocycles. The largest absolute Gasteiger partial charge is 0.413 e. The Kier molecular flexibility index (Phi) is 4.27. The molecule has 0 saturated carbocycles. The van der Waals surface area contributed by atoms with E-state index in [9.17, 15) is 14.0 Å². The van der Waals surface area contributed by atoms with E-state index >= 15 is 0 Å². The maximum atomic E-state index is 13.4. The Balaban J connectivity index is 2.09. The number of aryl methyl sites for hydroxylation is 2. The van der Waals surface area contributed by atoms with Gasteiger partial charge in [0, 0.05) is 5.69 Å². The minimum atomic E-state index is -0.592. The quantitative estimate of drug-likeness (QED) is 0.797. The molecule has 0 fully saturated rings. The summed E-state index contributed by atoms with van der Waals surface area (Å²) in [6.45, 7) is 3.85. The number of rotatable bonds is 3. The van der Waals surface area contributed by atoms with Gasteiger partial charge in [0.15, 0.2) is 0 Å². The summed E-state index contributed by atoms with van der Waals surface area (Å²) in [6.07, 6.45) is 0. The highest BCUT2D eigenvalue weighted by atomic mass is 19.1. The number of nitrogens with zero attached hydrogens (tertiary/aromatic N) is 1. The predicted molar refractivity (Wildman–Crippen MR) is 94.5 cm³/mol. The van der Waals surface area contributed by atoms with Gasteiger partial charge in [0.1, 0.15) is 18.6 Å². The standard InChI is InChI=1S/C19H17FN2O3/c1-11-4-7-16(12(2)8-11)21-18(23)17-9-13-5-6-14(20)10-15(13)19(24)22(17)25-3/h4-10H,1-3H3,(H,21,23). The first-order valence-corrected chi connectivity index (χ1v) is 7.69. The van der Waals surface area contributed by atoms with Crippen LogP contribution in [0.25, 0.3) is 10.8 Å². The highest BCUT2D eigenvalue weighted by Gasteiger charge is 2.17. The fraction of sp³-hybridized carbons (Fsp3) is 0.158. The zero-order valence-corrected chi connectivity index (χ0v) is 14.1. The third kappa shape index (κ3) is 3.10. The molecule has 0 unspecified atom stereocenters. The van der Waals surface area contributed by atoms with E-state index in [4.69, 9.17) is 4.84 Å². The second kappa shape index (κ2) is 6.39. The molecule has 1 aromatic heterocycles. The first-order chi connectivity index (χ1) is 11.9. The molecular weight excluding hydrogens is 323 g/mol. The number of anilines is 1. The number of pyridine rings is 1. The molecule has 3 aromatic rings. The van der Waals surface area contributed by atoms with Crippen molar-refractivity contribution in [1.29, 1.82) is 0 Å². The van der Waals surface area contributed by atoms with Gasteiger partial charge in [0.25, 0.3) is 11.5 Å². The Morgan fingerprint density at radius 3 is 2.56 bits per heavy atom. The van der Waals surface area contributed by atoms with Crippen LogP contribution >= 0.6 is 0 Å². The number of hydrogen-bond acceptors (Lipinski definition) is 3. The lowest BCUT2D eigenvalue weighted by Crippen LogP contribution is -2.32. The normalized spacial score (nSPS) is 10.7. The Morgan fingerprint density at radius 2 is 1.88 bits per heavy atom. The van der Waals surface area contributed by atoms with Gasteiger partial charge in [-0.05, 0) is 49.1 Å². The topological polar surface area (TPSA) is 60.3 Å². The van der Waals surface area contributed by atoms with E-state index in [0.717, 1.165) is 21.9 Å². The van der Waals surface area contributed by atoms with Crippen LogP contribution in [0, 0.1) is 19.7 Å². The van der Waals surface area contributed by atoms with Gasteiger partial charge in [-0.3, -0.25) is 9.59 Å². The van der Waals surface area contributed by atoms with Crippen molar-refractivity contribution >= 4 is 22.4 Å². The number of aromatic nitrogens is 1. The van der Waals surface area contributed by atoms with Gasteiger partial charge < -0.3 is 10.2 Å². The Hall–Kier alpha value is -3.15. The van der Waals surface area contributed by atoms with Gasteiger partial charge in [-0.2, -0.15) is 0 Å². The van der Waals surface area contributed by atoms with Crippen molar-refractivity contribution in [3.63, 3.8) is 0 Å². The average Bonchev–Trinajstić information content (AvgIpc) is 2.57. The van der Waals surface area contributed by atoms with Gasteiger partial charge in [0.2, 0.25) is 0 Å². The third-order valence-electron chi connectivity index (χ3n) is 3.99. The average molecular weight is 340 g/mol. The van der Waals surface area contributed by atoms with E-state index in [0.29, 0.717) is 11.1 Å². The first kappa shape index (κ1) is 16.7. The lowest BCUT2D eigenvalue weighted by molar-refractivity contribution is 0.0952. The fourth-order valence-corrected chi connectivity index (χ4v) is 2.74. The lowest BCUT2D eigenvalue weighted by Gasteiger charge is -2.14. The van der Waals surface area contributed by atoms with Crippen LogP contribution in [0.2, 0.25) is 0 Å². The van der Waals surface area contributed by atoms with Crippen LogP contribution in [-0.2, 0) is 0 Å². The predicted octanol–water partition coefficient (Wildman–Crippen LogP) is 3.07. The molecular formula is C19H17FN2O3. The summed E-state index contributed by atoms with van der Waals surface area (Å²) >= 11 is 0. The summed E-state index contributed by atoms with van der Waals surface area (Å²) in [5.74, 6) is -1.02. The number of carbonyl (C=O) groups is 1. The Labute approximate surface area is 143 Å². The van der Waals surface area contributed by atoms with Crippen molar-refractivity contribution in [2.45, 2.75) is 13.8 Å². The van der Waals surface area contributed by atoms with Crippen LogP contribution in [0.15, 0.2) is 47.3 Å². The SMILES string of the molecule is COn1c(C(=O)Nc2ccc(C)cc2C)cc2ccc(F)cc2c1=O. The van der Waals surface area contributed by atoms with E-state index in [1.165, 1.54) is 25.3 Å². The minimum absolute atomic E-state index is 0.0339. The summed E-state index contributed by atoms with van der Waals surface area (Å²) < 4.78 is 14.3. The molecule has 6 heteroatoms. The van der Waals surface area contributed by atoms with Crippen LogP contribution in [0.3, 0.4) is 0 Å². The van der Waals surface area contributed by atoms with Crippen molar-refractivity contribution in [2.75, 3.05) is 12.4 Å². The van der Waals surface area contributed by atoms with Crippen molar-refractivity contribution in [2.24, 2.45) is 0 Å². The monoisotopic (exact) mass is 340 g/mol. The number of carbonyl (C=O) groups excluding carboxylic acids is 1. The fourth-order valence-electron chi connectivity index (χ4n) is 2.74. The van der Waals surface area contributed by atoms with Crippen LogP contribution in [-0.4, -0.2) is 17.7 Å². The van der Waals surface area contributed by atoms with E-state index in [1.54, 1.807) is 6.07 Å². The lowest BCUT2D eigenvalue weighted by atomic mass is 10.1. The van der Waals surface area contributed by atoms with E-state index in [1.807, 2.05) is 26.0 Å². The summed E-state index contributed by atoms with van der Waals surface area (Å²) in [5.41, 5.74) is 2.07. The summed E-state index contributed by atoms with van der Waals surface area (Å²) in [6, 6.07) is 11.0. The molecule has 0 saturated heterocycles. The van der Waals surface area contributed by atoms with Crippen molar-refractivity contribution in [3.05, 3.63) is 75.5 Å². The maximum Gasteiger partial charge on any atom is 0.291 e. The molecule has 0 bridgehead atoms. The molecule has 0 aliphatic heterocycles. The molecule has 0 spiro atoms. The van der Waals surface area contributed by atoms with E-state index < -0.39 is 17.3 Å². The summed E-state index contributed by atoms with van der Waals surface area (Å²) in [4.78, 5) is 30.2. The number of amides is 1. The van der Waals surface area contributed by atoms with Crippen LogP contribution in [0.4, 0.5) is 10.1 Å². The number of nitrogens with one attached hydrogen (secondary N) is 1. The molecule has 0 aliphatic rings. The van der Waals surface area contributed by atoms with Crippen molar-refractivity contribution in [1.82, 2.24) is 4.73 Å². The second-order valence-corrected chi connectivity index (χ2v) is 5.82. The zero-order chi connectivity index (χ0) is 18.1. The molecule has 5 nitrogen and oxygen atoms in total.